The Balaban J connectivity index is 1.60. The van der Waals surface area contributed by atoms with E-state index in [4.69, 9.17) is 21.1 Å². The van der Waals surface area contributed by atoms with Gasteiger partial charge in [-0.05, 0) is 69.4 Å². The summed E-state index contributed by atoms with van der Waals surface area (Å²) in [4.78, 5) is 14.8. The van der Waals surface area contributed by atoms with E-state index in [0.29, 0.717) is 38.1 Å². The molecular weight excluding hydrogens is 414 g/mol. The van der Waals surface area contributed by atoms with Gasteiger partial charge < -0.3 is 19.5 Å². The van der Waals surface area contributed by atoms with Crippen molar-refractivity contribution in [2.75, 3.05) is 26.8 Å². The molecule has 0 bridgehead atoms. The van der Waals surface area contributed by atoms with Gasteiger partial charge in [-0.25, -0.2) is 0 Å². The number of amides is 1. The highest BCUT2D eigenvalue weighted by Gasteiger charge is 2.32. The summed E-state index contributed by atoms with van der Waals surface area (Å²) in [5.74, 6) is 1.49. The van der Waals surface area contributed by atoms with Gasteiger partial charge in [0.25, 0.3) is 0 Å². The van der Waals surface area contributed by atoms with Gasteiger partial charge in [0.2, 0.25) is 5.91 Å². The standard InChI is InChI=1S/C25H32ClNO4/c1-17-6-7-22(30-4)20(12-17)15-23(28)27-10-5-8-25(29,9-11-27)16-31-21-13-18(2)24(26)19(3)14-21/h6-7,12-14,29H,5,8-11,15-16H2,1-4H3. The number of ether oxygens (including phenoxy) is 2. The van der Waals surface area contributed by atoms with Crippen LogP contribution in [0.3, 0.4) is 0 Å². The molecule has 2 aromatic carbocycles. The number of benzene rings is 2. The normalized spacial score (nSPS) is 19.1. The minimum Gasteiger partial charge on any atom is -0.496 e. The molecule has 6 heteroatoms. The van der Waals surface area contributed by atoms with E-state index in [1.165, 1.54) is 0 Å². The molecular formula is C25H32ClNO4. The highest BCUT2D eigenvalue weighted by Crippen LogP contribution is 2.29. The summed E-state index contributed by atoms with van der Waals surface area (Å²) in [7, 11) is 1.62. The Hall–Kier alpha value is -2.24. The molecule has 5 nitrogen and oxygen atoms in total. The van der Waals surface area contributed by atoms with Crippen molar-refractivity contribution in [2.45, 2.75) is 52.1 Å². The molecule has 1 saturated heterocycles. The van der Waals surface area contributed by atoms with E-state index < -0.39 is 5.60 Å². The number of hydrogen-bond donors (Lipinski definition) is 1. The molecule has 0 spiro atoms. The van der Waals surface area contributed by atoms with Crippen molar-refractivity contribution >= 4 is 17.5 Å². The third-order valence-electron chi connectivity index (χ3n) is 5.96. The third-order valence-corrected chi connectivity index (χ3v) is 6.56. The smallest absolute Gasteiger partial charge is 0.227 e. The highest BCUT2D eigenvalue weighted by molar-refractivity contribution is 6.32. The lowest BCUT2D eigenvalue weighted by molar-refractivity contribution is -0.130. The molecule has 0 saturated carbocycles. The number of hydrogen-bond acceptors (Lipinski definition) is 4. The molecule has 1 aliphatic rings. The van der Waals surface area contributed by atoms with E-state index in [2.05, 4.69) is 0 Å². The first kappa shape index (κ1) is 23.4. The zero-order valence-corrected chi connectivity index (χ0v) is 19.6. The van der Waals surface area contributed by atoms with Crippen molar-refractivity contribution in [3.63, 3.8) is 0 Å². The molecule has 1 atom stereocenters. The van der Waals surface area contributed by atoms with Crippen molar-refractivity contribution < 1.29 is 19.4 Å². The summed E-state index contributed by atoms with van der Waals surface area (Å²) in [6, 6.07) is 9.65. The van der Waals surface area contributed by atoms with Gasteiger partial charge in [0.05, 0.1) is 13.5 Å². The maximum Gasteiger partial charge on any atom is 0.227 e. The lowest BCUT2D eigenvalue weighted by atomic mass is 9.96. The van der Waals surface area contributed by atoms with Gasteiger partial charge >= 0.3 is 0 Å². The molecule has 2 aromatic rings. The van der Waals surface area contributed by atoms with Crippen molar-refractivity contribution in [3.05, 3.63) is 57.6 Å². The van der Waals surface area contributed by atoms with Gasteiger partial charge in [-0.3, -0.25) is 4.79 Å². The molecule has 168 valence electrons. The first-order chi connectivity index (χ1) is 14.7. The highest BCUT2D eigenvalue weighted by atomic mass is 35.5. The van der Waals surface area contributed by atoms with Crippen LogP contribution in [0, 0.1) is 20.8 Å². The number of halogens is 1. The van der Waals surface area contributed by atoms with Crippen LogP contribution in [-0.2, 0) is 11.2 Å². The van der Waals surface area contributed by atoms with Crippen LogP contribution in [0.5, 0.6) is 11.5 Å². The van der Waals surface area contributed by atoms with E-state index in [9.17, 15) is 9.90 Å². The van der Waals surface area contributed by atoms with E-state index >= 15 is 0 Å². The topological polar surface area (TPSA) is 59.0 Å². The number of likely N-dealkylation sites (tertiary alicyclic amines) is 1. The first-order valence-electron chi connectivity index (χ1n) is 10.7. The van der Waals surface area contributed by atoms with E-state index in [-0.39, 0.29) is 12.5 Å². The number of aliphatic hydroxyl groups is 1. The number of aryl methyl sites for hydroxylation is 3. The molecule has 1 fully saturated rings. The first-order valence-corrected chi connectivity index (χ1v) is 11.1. The van der Waals surface area contributed by atoms with Gasteiger partial charge in [-0.1, -0.05) is 29.3 Å². The quantitative estimate of drug-likeness (QED) is 0.703. The lowest BCUT2D eigenvalue weighted by Gasteiger charge is -2.27. The van der Waals surface area contributed by atoms with Crippen LogP contribution in [0.15, 0.2) is 30.3 Å². The zero-order chi connectivity index (χ0) is 22.6. The third kappa shape index (κ3) is 5.92. The van der Waals surface area contributed by atoms with Crippen LogP contribution in [-0.4, -0.2) is 48.3 Å². The van der Waals surface area contributed by atoms with Crippen LogP contribution < -0.4 is 9.47 Å². The zero-order valence-electron chi connectivity index (χ0n) is 18.8. The van der Waals surface area contributed by atoms with E-state index in [0.717, 1.165) is 39.4 Å². The number of nitrogens with zero attached hydrogens (tertiary/aromatic N) is 1. The fourth-order valence-electron chi connectivity index (χ4n) is 4.10. The molecule has 31 heavy (non-hydrogen) atoms. The monoisotopic (exact) mass is 445 g/mol. The molecule has 0 aromatic heterocycles. The summed E-state index contributed by atoms with van der Waals surface area (Å²) >= 11 is 6.23. The largest absolute Gasteiger partial charge is 0.496 e. The summed E-state index contributed by atoms with van der Waals surface area (Å²) in [6.07, 6.45) is 2.10. The maximum atomic E-state index is 12.9. The van der Waals surface area contributed by atoms with Crippen LogP contribution in [0.25, 0.3) is 0 Å². The second kappa shape index (κ2) is 9.92. The predicted octanol–water partition coefficient (Wildman–Crippen LogP) is 4.64. The summed E-state index contributed by atoms with van der Waals surface area (Å²) in [6.45, 7) is 7.22. The number of carbonyl (C=O) groups is 1. The molecule has 1 aliphatic heterocycles. The molecule has 1 N–H and O–H groups in total. The predicted molar refractivity (Wildman–Crippen MR) is 123 cm³/mol. The van der Waals surface area contributed by atoms with Crippen molar-refractivity contribution in [1.82, 2.24) is 4.90 Å². The van der Waals surface area contributed by atoms with E-state index in [1.54, 1.807) is 7.11 Å². The molecule has 0 radical (unpaired) electrons. The Morgan fingerprint density at radius 3 is 2.52 bits per heavy atom. The Morgan fingerprint density at radius 1 is 1.13 bits per heavy atom. The maximum absolute atomic E-state index is 12.9. The van der Waals surface area contributed by atoms with E-state index in [1.807, 2.05) is 56.0 Å². The minimum absolute atomic E-state index is 0.0537. The van der Waals surface area contributed by atoms with Gasteiger partial charge in [0, 0.05) is 23.7 Å². The summed E-state index contributed by atoms with van der Waals surface area (Å²) in [5.41, 5.74) is 2.93. The number of rotatable bonds is 6. The van der Waals surface area contributed by atoms with Gasteiger partial charge in [-0.15, -0.1) is 0 Å². The Kier molecular flexibility index (Phi) is 7.50. The Labute approximate surface area is 189 Å². The second-order valence-corrected chi connectivity index (χ2v) is 8.99. The van der Waals surface area contributed by atoms with Gasteiger partial charge in [0.15, 0.2) is 0 Å². The van der Waals surface area contributed by atoms with Crippen molar-refractivity contribution in [1.29, 1.82) is 0 Å². The fourth-order valence-corrected chi connectivity index (χ4v) is 4.21. The molecule has 1 amide bonds. The van der Waals surface area contributed by atoms with Crippen LogP contribution in [0.1, 0.15) is 41.5 Å². The van der Waals surface area contributed by atoms with Crippen LogP contribution in [0.2, 0.25) is 5.02 Å². The SMILES string of the molecule is COc1ccc(C)cc1CC(=O)N1CCCC(O)(COc2cc(C)c(Cl)c(C)c2)CC1. The second-order valence-electron chi connectivity index (χ2n) is 8.61. The molecule has 0 aliphatic carbocycles. The lowest BCUT2D eigenvalue weighted by Crippen LogP contribution is -2.38. The van der Waals surface area contributed by atoms with Crippen LogP contribution in [0.4, 0.5) is 0 Å². The van der Waals surface area contributed by atoms with Gasteiger partial charge in [-0.2, -0.15) is 0 Å². The molecule has 3 rings (SSSR count). The van der Waals surface area contributed by atoms with Crippen molar-refractivity contribution in [3.8, 4) is 11.5 Å². The average Bonchev–Trinajstić information content (AvgIpc) is 2.93. The number of carbonyl (C=O) groups excluding carboxylic acids is 1. The van der Waals surface area contributed by atoms with Crippen molar-refractivity contribution in [2.24, 2.45) is 0 Å². The number of methoxy groups -OCH3 is 1. The fraction of sp³-hybridized carbons (Fsp3) is 0.480. The molecule has 1 unspecified atom stereocenters. The Morgan fingerprint density at radius 2 is 1.84 bits per heavy atom. The Bertz CT molecular complexity index is 922. The van der Waals surface area contributed by atoms with Gasteiger partial charge in [0.1, 0.15) is 23.7 Å². The average molecular weight is 446 g/mol. The molecule has 1 heterocycles. The van der Waals surface area contributed by atoms with Crippen LogP contribution >= 0.6 is 11.6 Å². The summed E-state index contributed by atoms with van der Waals surface area (Å²) in [5, 5.41) is 11.8. The summed E-state index contributed by atoms with van der Waals surface area (Å²) < 4.78 is 11.3. The minimum atomic E-state index is -0.961.